The van der Waals surface area contributed by atoms with E-state index in [1.165, 1.54) is 25.3 Å². The van der Waals surface area contributed by atoms with E-state index < -0.39 is 11.9 Å². The van der Waals surface area contributed by atoms with Gasteiger partial charge in [-0.2, -0.15) is 0 Å². The van der Waals surface area contributed by atoms with Crippen molar-refractivity contribution in [3.8, 4) is 11.5 Å². The lowest BCUT2D eigenvalue weighted by Gasteiger charge is -2.10. The second-order valence-electron chi connectivity index (χ2n) is 5.05. The van der Waals surface area contributed by atoms with E-state index in [0.29, 0.717) is 17.9 Å². The summed E-state index contributed by atoms with van der Waals surface area (Å²) in [6.07, 6.45) is 0.866. The third-order valence-electron chi connectivity index (χ3n) is 3.23. The average Bonchev–Trinajstić information content (AvgIpc) is 2.61. The van der Waals surface area contributed by atoms with Crippen LogP contribution in [0.2, 0.25) is 0 Å². The molecule has 1 amide bonds. The molecule has 0 spiro atoms. The number of aromatic hydroxyl groups is 1. The zero-order chi connectivity index (χ0) is 17.5. The Morgan fingerprint density at radius 2 is 1.92 bits per heavy atom. The lowest BCUT2D eigenvalue weighted by Crippen LogP contribution is -2.13. The van der Waals surface area contributed by atoms with Crippen LogP contribution in [-0.4, -0.2) is 30.7 Å². The van der Waals surface area contributed by atoms with Gasteiger partial charge in [-0.25, -0.2) is 4.79 Å². The Morgan fingerprint density at radius 1 is 1.12 bits per heavy atom. The maximum Gasteiger partial charge on any atom is 0.337 e. The fourth-order valence-corrected chi connectivity index (χ4v) is 2.02. The van der Waals surface area contributed by atoms with Crippen molar-refractivity contribution in [1.82, 2.24) is 0 Å². The standard InChI is InChI=1S/C18H19NO5/c1-3-9-24-14-6-4-5-12(10-14)17(21)19-15-11-13(18(22)23-2)7-8-16(15)20/h4-8,10-11,20H,3,9H2,1-2H3,(H,19,21). The van der Waals surface area contributed by atoms with Crippen LogP contribution >= 0.6 is 0 Å². The van der Waals surface area contributed by atoms with Crippen LogP contribution in [0.5, 0.6) is 11.5 Å². The highest BCUT2D eigenvalue weighted by molar-refractivity contribution is 6.06. The van der Waals surface area contributed by atoms with Crippen LogP contribution in [0.4, 0.5) is 5.69 Å². The van der Waals surface area contributed by atoms with Crippen LogP contribution in [0.25, 0.3) is 0 Å². The molecule has 126 valence electrons. The maximum atomic E-state index is 12.3. The first kappa shape index (κ1) is 17.3. The SMILES string of the molecule is CCCOc1cccc(C(=O)Nc2cc(C(=O)OC)ccc2O)c1. The molecule has 0 saturated heterocycles. The molecule has 0 saturated carbocycles. The van der Waals surface area contributed by atoms with Crippen molar-refractivity contribution >= 4 is 17.6 Å². The minimum atomic E-state index is -0.555. The van der Waals surface area contributed by atoms with Gasteiger partial charge in [-0.3, -0.25) is 4.79 Å². The fourth-order valence-electron chi connectivity index (χ4n) is 2.02. The van der Waals surface area contributed by atoms with E-state index in [2.05, 4.69) is 10.1 Å². The van der Waals surface area contributed by atoms with E-state index in [0.717, 1.165) is 6.42 Å². The van der Waals surface area contributed by atoms with Gasteiger partial charge in [0.15, 0.2) is 0 Å². The van der Waals surface area contributed by atoms with Gasteiger partial charge in [0, 0.05) is 5.56 Å². The third kappa shape index (κ3) is 4.25. The zero-order valence-corrected chi connectivity index (χ0v) is 13.5. The molecule has 0 radical (unpaired) electrons. The maximum absolute atomic E-state index is 12.3. The van der Waals surface area contributed by atoms with Gasteiger partial charge in [-0.15, -0.1) is 0 Å². The number of methoxy groups -OCH3 is 1. The number of hydrogen-bond acceptors (Lipinski definition) is 5. The van der Waals surface area contributed by atoms with Gasteiger partial charge in [0.05, 0.1) is 25.0 Å². The predicted molar refractivity (Wildman–Crippen MR) is 89.6 cm³/mol. The monoisotopic (exact) mass is 329 g/mol. The summed E-state index contributed by atoms with van der Waals surface area (Å²) in [6, 6.07) is 10.8. The molecule has 0 fully saturated rings. The van der Waals surface area contributed by atoms with Crippen LogP contribution in [-0.2, 0) is 4.74 Å². The van der Waals surface area contributed by atoms with Gasteiger partial charge < -0.3 is 19.9 Å². The highest BCUT2D eigenvalue weighted by atomic mass is 16.5. The summed E-state index contributed by atoms with van der Waals surface area (Å²) in [6.45, 7) is 2.56. The number of esters is 1. The van der Waals surface area contributed by atoms with E-state index >= 15 is 0 Å². The molecule has 0 unspecified atom stereocenters. The Hall–Kier alpha value is -3.02. The largest absolute Gasteiger partial charge is 0.506 e. The summed E-state index contributed by atoms with van der Waals surface area (Å²) in [5, 5.41) is 12.4. The summed E-state index contributed by atoms with van der Waals surface area (Å²) >= 11 is 0. The Labute approximate surface area is 140 Å². The number of carbonyl (C=O) groups is 2. The Kier molecular flexibility index (Phi) is 5.78. The van der Waals surface area contributed by atoms with Crippen molar-refractivity contribution in [2.24, 2.45) is 0 Å². The van der Waals surface area contributed by atoms with Gasteiger partial charge >= 0.3 is 5.97 Å². The first-order valence-electron chi connectivity index (χ1n) is 7.50. The number of carbonyl (C=O) groups excluding carboxylic acids is 2. The molecular formula is C18H19NO5. The molecule has 0 aliphatic carbocycles. The number of benzene rings is 2. The molecule has 0 aliphatic heterocycles. The smallest absolute Gasteiger partial charge is 0.337 e. The van der Waals surface area contributed by atoms with Crippen molar-refractivity contribution in [2.45, 2.75) is 13.3 Å². The van der Waals surface area contributed by atoms with E-state index in [4.69, 9.17) is 4.74 Å². The lowest BCUT2D eigenvalue weighted by atomic mass is 10.1. The van der Waals surface area contributed by atoms with Gasteiger partial charge in [0.1, 0.15) is 11.5 Å². The number of hydrogen-bond donors (Lipinski definition) is 2. The van der Waals surface area contributed by atoms with Gasteiger partial charge in [-0.1, -0.05) is 13.0 Å². The topological polar surface area (TPSA) is 84.9 Å². The first-order valence-corrected chi connectivity index (χ1v) is 7.50. The summed E-state index contributed by atoms with van der Waals surface area (Å²) in [7, 11) is 1.26. The highest BCUT2D eigenvalue weighted by Gasteiger charge is 2.13. The fraction of sp³-hybridized carbons (Fsp3) is 0.222. The normalized spacial score (nSPS) is 10.1. The zero-order valence-electron chi connectivity index (χ0n) is 13.5. The third-order valence-corrected chi connectivity index (χ3v) is 3.23. The molecule has 0 atom stereocenters. The second kappa shape index (κ2) is 8.01. The van der Waals surface area contributed by atoms with Gasteiger partial charge in [-0.05, 0) is 42.8 Å². The molecule has 6 heteroatoms. The Balaban J connectivity index is 2.19. The summed E-state index contributed by atoms with van der Waals surface area (Å²) in [4.78, 5) is 23.9. The van der Waals surface area contributed by atoms with Crippen molar-refractivity contribution in [3.63, 3.8) is 0 Å². The molecule has 2 aromatic rings. The number of nitrogens with one attached hydrogen (secondary N) is 1. The Bertz CT molecular complexity index is 742. The van der Waals surface area contributed by atoms with Crippen molar-refractivity contribution in [3.05, 3.63) is 53.6 Å². The number of ether oxygens (including phenoxy) is 2. The van der Waals surface area contributed by atoms with Crippen LogP contribution in [0.1, 0.15) is 34.1 Å². The molecule has 0 aromatic heterocycles. The molecular weight excluding hydrogens is 310 g/mol. The average molecular weight is 329 g/mol. The number of anilines is 1. The highest BCUT2D eigenvalue weighted by Crippen LogP contribution is 2.25. The summed E-state index contributed by atoms with van der Waals surface area (Å²) < 4.78 is 10.1. The molecule has 2 rings (SSSR count). The molecule has 24 heavy (non-hydrogen) atoms. The number of phenols is 1. The molecule has 0 bridgehead atoms. The Morgan fingerprint density at radius 3 is 2.62 bits per heavy atom. The number of amides is 1. The second-order valence-corrected chi connectivity index (χ2v) is 5.05. The summed E-state index contributed by atoms with van der Waals surface area (Å²) in [5.74, 6) is -0.527. The quantitative estimate of drug-likeness (QED) is 0.628. The predicted octanol–water partition coefficient (Wildman–Crippen LogP) is 3.22. The van der Waals surface area contributed by atoms with Crippen LogP contribution < -0.4 is 10.1 Å². The number of phenolic OH excluding ortho intramolecular Hbond substituents is 1. The van der Waals surface area contributed by atoms with E-state index in [9.17, 15) is 14.7 Å². The minimum absolute atomic E-state index is 0.128. The molecule has 2 aromatic carbocycles. The lowest BCUT2D eigenvalue weighted by molar-refractivity contribution is 0.0600. The van der Waals surface area contributed by atoms with Crippen LogP contribution in [0, 0.1) is 0 Å². The summed E-state index contributed by atoms with van der Waals surface area (Å²) in [5.41, 5.74) is 0.736. The molecule has 2 N–H and O–H groups in total. The molecule has 0 heterocycles. The van der Waals surface area contributed by atoms with Gasteiger partial charge in [0.2, 0.25) is 0 Å². The van der Waals surface area contributed by atoms with E-state index in [1.54, 1.807) is 24.3 Å². The van der Waals surface area contributed by atoms with E-state index in [-0.39, 0.29) is 17.0 Å². The van der Waals surface area contributed by atoms with Crippen LogP contribution in [0.15, 0.2) is 42.5 Å². The molecule has 0 aliphatic rings. The van der Waals surface area contributed by atoms with Gasteiger partial charge in [0.25, 0.3) is 5.91 Å². The molecule has 6 nitrogen and oxygen atoms in total. The van der Waals surface area contributed by atoms with E-state index in [1.807, 2.05) is 6.92 Å². The number of rotatable bonds is 6. The van der Waals surface area contributed by atoms with Crippen molar-refractivity contribution in [2.75, 3.05) is 19.0 Å². The van der Waals surface area contributed by atoms with Crippen LogP contribution in [0.3, 0.4) is 0 Å². The minimum Gasteiger partial charge on any atom is -0.506 e. The van der Waals surface area contributed by atoms with Crippen molar-refractivity contribution < 1.29 is 24.2 Å². The first-order chi connectivity index (χ1) is 11.5. The van der Waals surface area contributed by atoms with Crippen molar-refractivity contribution in [1.29, 1.82) is 0 Å².